The molecule has 2 aliphatic rings. The summed E-state index contributed by atoms with van der Waals surface area (Å²) in [6.45, 7) is 9.32. The summed E-state index contributed by atoms with van der Waals surface area (Å²) in [5, 5.41) is 3.19. The second-order valence-corrected chi connectivity index (χ2v) is 8.38. The van der Waals surface area contributed by atoms with Gasteiger partial charge in [-0.2, -0.15) is 0 Å². The van der Waals surface area contributed by atoms with Gasteiger partial charge in [0.2, 0.25) is 5.95 Å². The van der Waals surface area contributed by atoms with Crippen LogP contribution in [0.1, 0.15) is 53.6 Å². The molecule has 1 saturated heterocycles. The van der Waals surface area contributed by atoms with Crippen LogP contribution in [0.2, 0.25) is 0 Å². The number of carbonyl (C=O) groups excluding carboxylic acids is 1. The largest absolute Gasteiger partial charge is 0.378 e. The van der Waals surface area contributed by atoms with Gasteiger partial charge in [0.25, 0.3) is 5.91 Å². The number of ether oxygens (including phenoxy) is 1. The molecule has 1 aliphatic heterocycles. The molecular weight excluding hydrogens is 354 g/mol. The number of pyridine rings is 1. The van der Waals surface area contributed by atoms with E-state index in [1.54, 1.807) is 12.3 Å². The number of carbonyl (C=O) groups is 1. The van der Waals surface area contributed by atoms with Crippen LogP contribution < -0.4 is 10.2 Å². The monoisotopic (exact) mass is 381 g/mol. The summed E-state index contributed by atoms with van der Waals surface area (Å²) in [6.07, 6.45) is 5.32. The zero-order valence-electron chi connectivity index (χ0n) is 16.7. The molecule has 0 spiro atoms. The number of nitrogens with one attached hydrogen (secondary N) is 1. The van der Waals surface area contributed by atoms with E-state index in [2.05, 4.69) is 34.0 Å². The average molecular weight is 381 g/mol. The molecule has 1 fully saturated rings. The molecule has 2 aromatic heterocycles. The van der Waals surface area contributed by atoms with Gasteiger partial charge in [-0.05, 0) is 37.3 Å². The minimum atomic E-state index is -0.107. The first-order chi connectivity index (χ1) is 13.4. The van der Waals surface area contributed by atoms with Crippen LogP contribution in [0.5, 0.6) is 0 Å². The molecule has 1 amide bonds. The van der Waals surface area contributed by atoms with Crippen LogP contribution >= 0.6 is 0 Å². The summed E-state index contributed by atoms with van der Waals surface area (Å²) in [6, 6.07) is 3.49. The number of morpholine rings is 1. The second kappa shape index (κ2) is 7.47. The summed E-state index contributed by atoms with van der Waals surface area (Å²) in [5.74, 6) is 0.657. The number of anilines is 1. The molecule has 28 heavy (non-hydrogen) atoms. The lowest BCUT2D eigenvalue weighted by molar-refractivity contribution is 0.0917. The van der Waals surface area contributed by atoms with E-state index in [0.717, 1.165) is 48.8 Å². The van der Waals surface area contributed by atoms with Crippen molar-refractivity contribution in [3.8, 4) is 0 Å². The molecule has 0 bridgehead atoms. The summed E-state index contributed by atoms with van der Waals surface area (Å²) < 4.78 is 5.43. The van der Waals surface area contributed by atoms with E-state index in [0.29, 0.717) is 18.8 Å². The number of nitrogens with zero attached hydrogens (tertiary/aromatic N) is 4. The maximum atomic E-state index is 12.9. The standard InChI is InChI=1S/C21H27N5O2/c1-14-15(5-4-6-22-14)19(27)24-17-11-21(2,3)12-18-16(17)13-23-20(25-18)26-7-9-28-10-8-26/h4-6,13,17H,7-12H2,1-3H3,(H,24,27). The third kappa shape index (κ3) is 3.85. The first kappa shape index (κ1) is 18.8. The van der Waals surface area contributed by atoms with E-state index in [9.17, 15) is 4.79 Å². The predicted octanol–water partition coefficient (Wildman–Crippen LogP) is 2.46. The fraction of sp³-hybridized carbons (Fsp3) is 0.524. The van der Waals surface area contributed by atoms with Gasteiger partial charge in [-0.1, -0.05) is 13.8 Å². The van der Waals surface area contributed by atoms with Crippen LogP contribution in [0.4, 0.5) is 5.95 Å². The highest BCUT2D eigenvalue weighted by atomic mass is 16.5. The molecule has 1 atom stereocenters. The first-order valence-electron chi connectivity index (χ1n) is 9.84. The molecule has 3 heterocycles. The number of amides is 1. The Kier molecular flexibility index (Phi) is 5.02. The molecule has 7 nitrogen and oxygen atoms in total. The Balaban J connectivity index is 1.61. The van der Waals surface area contributed by atoms with Crippen molar-refractivity contribution < 1.29 is 9.53 Å². The quantitative estimate of drug-likeness (QED) is 0.880. The van der Waals surface area contributed by atoms with Gasteiger partial charge in [-0.3, -0.25) is 9.78 Å². The van der Waals surface area contributed by atoms with Gasteiger partial charge in [0.1, 0.15) is 0 Å². The van der Waals surface area contributed by atoms with E-state index in [4.69, 9.17) is 9.72 Å². The minimum absolute atomic E-state index is 0.0472. The Hall–Kier alpha value is -2.54. The van der Waals surface area contributed by atoms with Gasteiger partial charge in [-0.15, -0.1) is 0 Å². The maximum absolute atomic E-state index is 12.9. The van der Waals surface area contributed by atoms with E-state index in [1.165, 1.54) is 0 Å². The van der Waals surface area contributed by atoms with Crippen LogP contribution in [-0.4, -0.2) is 47.2 Å². The number of aromatic nitrogens is 3. The molecule has 4 rings (SSSR count). The van der Waals surface area contributed by atoms with E-state index in [1.807, 2.05) is 19.2 Å². The van der Waals surface area contributed by atoms with Gasteiger partial charge in [0, 0.05) is 36.7 Å². The minimum Gasteiger partial charge on any atom is -0.378 e. The highest BCUT2D eigenvalue weighted by Crippen LogP contribution is 2.40. The van der Waals surface area contributed by atoms with Crippen LogP contribution in [0.3, 0.4) is 0 Å². The van der Waals surface area contributed by atoms with Crippen molar-refractivity contribution in [2.24, 2.45) is 5.41 Å². The summed E-state index contributed by atoms with van der Waals surface area (Å²) in [5.41, 5.74) is 3.44. The van der Waals surface area contributed by atoms with Crippen molar-refractivity contribution in [1.29, 1.82) is 0 Å². The summed E-state index contributed by atoms with van der Waals surface area (Å²) in [7, 11) is 0. The molecule has 0 saturated carbocycles. The van der Waals surface area contributed by atoms with Gasteiger partial charge in [0.05, 0.1) is 30.5 Å². The van der Waals surface area contributed by atoms with Crippen molar-refractivity contribution in [3.05, 3.63) is 47.0 Å². The van der Waals surface area contributed by atoms with Gasteiger partial charge < -0.3 is 15.0 Å². The Morgan fingerprint density at radius 1 is 1.29 bits per heavy atom. The number of hydrogen-bond acceptors (Lipinski definition) is 6. The average Bonchev–Trinajstić information content (AvgIpc) is 2.67. The zero-order valence-corrected chi connectivity index (χ0v) is 16.7. The lowest BCUT2D eigenvalue weighted by Gasteiger charge is -2.37. The topological polar surface area (TPSA) is 80.2 Å². The van der Waals surface area contributed by atoms with Crippen molar-refractivity contribution in [2.75, 3.05) is 31.2 Å². The van der Waals surface area contributed by atoms with Gasteiger partial charge in [0.15, 0.2) is 0 Å². The van der Waals surface area contributed by atoms with Crippen LogP contribution in [0, 0.1) is 12.3 Å². The Labute approximate surface area is 165 Å². The molecule has 0 radical (unpaired) electrons. The molecule has 1 unspecified atom stereocenters. The molecule has 0 aromatic carbocycles. The fourth-order valence-corrected chi connectivity index (χ4v) is 4.04. The Bertz CT molecular complexity index is 877. The third-order valence-corrected chi connectivity index (χ3v) is 5.52. The molecule has 7 heteroatoms. The SMILES string of the molecule is Cc1ncccc1C(=O)NC1CC(C)(C)Cc2nc(N3CCOCC3)ncc21. The third-order valence-electron chi connectivity index (χ3n) is 5.52. The van der Waals surface area contributed by atoms with Crippen molar-refractivity contribution in [1.82, 2.24) is 20.3 Å². The zero-order chi connectivity index (χ0) is 19.7. The van der Waals surface area contributed by atoms with Crippen molar-refractivity contribution in [3.63, 3.8) is 0 Å². The number of hydrogen-bond donors (Lipinski definition) is 1. The number of fused-ring (bicyclic) bond motifs is 1. The van der Waals surface area contributed by atoms with Crippen molar-refractivity contribution in [2.45, 2.75) is 39.7 Å². The van der Waals surface area contributed by atoms with Crippen molar-refractivity contribution >= 4 is 11.9 Å². The number of rotatable bonds is 3. The fourth-order valence-electron chi connectivity index (χ4n) is 4.04. The van der Waals surface area contributed by atoms with Crippen LogP contribution in [0.25, 0.3) is 0 Å². The molecule has 148 valence electrons. The lowest BCUT2D eigenvalue weighted by Crippen LogP contribution is -2.39. The van der Waals surface area contributed by atoms with Gasteiger partial charge >= 0.3 is 0 Å². The van der Waals surface area contributed by atoms with E-state index >= 15 is 0 Å². The maximum Gasteiger partial charge on any atom is 0.253 e. The number of aryl methyl sites for hydroxylation is 1. The van der Waals surface area contributed by atoms with Gasteiger partial charge in [-0.25, -0.2) is 9.97 Å². The molecule has 1 aliphatic carbocycles. The molecule has 1 N–H and O–H groups in total. The first-order valence-corrected chi connectivity index (χ1v) is 9.84. The lowest BCUT2D eigenvalue weighted by atomic mass is 9.74. The highest BCUT2D eigenvalue weighted by molar-refractivity contribution is 5.95. The van der Waals surface area contributed by atoms with Crippen LogP contribution in [-0.2, 0) is 11.2 Å². The summed E-state index contributed by atoms with van der Waals surface area (Å²) in [4.78, 5) is 28.7. The predicted molar refractivity (Wildman–Crippen MR) is 106 cm³/mol. The molecular formula is C21H27N5O2. The Morgan fingerprint density at radius 2 is 2.07 bits per heavy atom. The Morgan fingerprint density at radius 3 is 2.82 bits per heavy atom. The van der Waals surface area contributed by atoms with E-state index < -0.39 is 0 Å². The summed E-state index contributed by atoms with van der Waals surface area (Å²) >= 11 is 0. The van der Waals surface area contributed by atoms with Crippen LogP contribution in [0.15, 0.2) is 24.5 Å². The second-order valence-electron chi connectivity index (χ2n) is 8.38. The smallest absolute Gasteiger partial charge is 0.253 e. The highest BCUT2D eigenvalue weighted by Gasteiger charge is 2.35. The van der Waals surface area contributed by atoms with E-state index in [-0.39, 0.29) is 17.4 Å². The normalized spacial score (nSPS) is 21.1. The molecule has 2 aromatic rings.